The summed E-state index contributed by atoms with van der Waals surface area (Å²) in [6, 6.07) is 1.97. The summed E-state index contributed by atoms with van der Waals surface area (Å²) in [4.78, 5) is 0.760. The third-order valence-electron chi connectivity index (χ3n) is 1.54. The van der Waals surface area contributed by atoms with Gasteiger partial charge in [-0.3, -0.25) is 0 Å². The van der Waals surface area contributed by atoms with Crippen molar-refractivity contribution in [2.45, 2.75) is 13.0 Å². The number of thiocarbonyl (C=S) groups is 1. The Morgan fingerprint density at radius 1 is 1.73 bits per heavy atom. The van der Waals surface area contributed by atoms with Gasteiger partial charge in [0.25, 0.3) is 0 Å². The molecule has 0 amide bonds. The molecule has 58 valence electrons. The summed E-state index contributed by atoms with van der Waals surface area (Å²) in [6.07, 6.45) is 0.0103. The van der Waals surface area contributed by atoms with Crippen LogP contribution < -0.4 is 10.1 Å². The van der Waals surface area contributed by atoms with E-state index in [-0.39, 0.29) is 6.10 Å². The third kappa shape index (κ3) is 1.12. The first-order valence-electron chi connectivity index (χ1n) is 3.32. The van der Waals surface area contributed by atoms with Gasteiger partial charge in [-0.05, 0) is 18.4 Å². The molecule has 0 aliphatic carbocycles. The van der Waals surface area contributed by atoms with Crippen LogP contribution in [0.25, 0.3) is 0 Å². The highest BCUT2D eigenvalue weighted by Gasteiger charge is 2.20. The molecule has 0 saturated carbocycles. The zero-order valence-corrected chi connectivity index (χ0v) is 7.59. The molecule has 1 aliphatic rings. The Morgan fingerprint density at radius 2 is 2.55 bits per heavy atom. The number of hydrogen-bond acceptors (Lipinski definition) is 3. The van der Waals surface area contributed by atoms with Gasteiger partial charge in [0.15, 0.2) is 5.06 Å². The quantitative estimate of drug-likeness (QED) is 0.626. The second-order valence-corrected chi connectivity index (χ2v) is 3.69. The number of fused-ring (bicyclic) bond motifs is 1. The van der Waals surface area contributed by atoms with Crippen LogP contribution in [-0.2, 0) is 0 Å². The Labute approximate surface area is 74.2 Å². The number of ether oxygens (including phenoxy) is 1. The van der Waals surface area contributed by atoms with Crippen molar-refractivity contribution in [2.24, 2.45) is 0 Å². The molecule has 0 saturated heterocycles. The molecule has 2 nitrogen and oxygen atoms in total. The van der Waals surface area contributed by atoms with E-state index in [1.807, 2.05) is 18.4 Å². The zero-order chi connectivity index (χ0) is 7.84. The van der Waals surface area contributed by atoms with E-state index in [0.29, 0.717) is 0 Å². The van der Waals surface area contributed by atoms with Crippen LogP contribution in [0.3, 0.4) is 0 Å². The monoisotopic (exact) mass is 185 g/mol. The van der Waals surface area contributed by atoms with E-state index in [2.05, 4.69) is 5.32 Å². The lowest BCUT2D eigenvalue weighted by Gasteiger charge is -2.22. The predicted octanol–water partition coefficient (Wildman–Crippen LogP) is 2.27. The molecule has 11 heavy (non-hydrogen) atoms. The molecule has 1 N–H and O–H groups in total. The topological polar surface area (TPSA) is 21.3 Å². The summed E-state index contributed by atoms with van der Waals surface area (Å²) >= 11 is 6.63. The Hall–Kier alpha value is -0.610. The highest BCUT2D eigenvalue weighted by molar-refractivity contribution is 7.80. The van der Waals surface area contributed by atoms with E-state index < -0.39 is 0 Å². The van der Waals surface area contributed by atoms with Gasteiger partial charge in [0, 0.05) is 0 Å². The molecular weight excluding hydrogens is 178 g/mol. The van der Waals surface area contributed by atoms with Crippen LogP contribution in [0, 0.1) is 0 Å². The van der Waals surface area contributed by atoms with Gasteiger partial charge < -0.3 is 10.1 Å². The van der Waals surface area contributed by atoms with Gasteiger partial charge in [0.05, 0.1) is 5.69 Å². The highest BCUT2D eigenvalue weighted by Crippen LogP contribution is 2.35. The van der Waals surface area contributed by atoms with Gasteiger partial charge in [-0.1, -0.05) is 12.2 Å². The van der Waals surface area contributed by atoms with Crippen molar-refractivity contribution in [1.82, 2.24) is 0 Å². The summed E-state index contributed by atoms with van der Waals surface area (Å²) in [5.41, 5.74) is 0.998. The van der Waals surface area contributed by atoms with Crippen molar-refractivity contribution in [2.75, 3.05) is 5.32 Å². The molecule has 2 heterocycles. The number of rotatable bonds is 0. The fraction of sp³-hybridized carbons (Fsp3) is 0.286. The molecule has 0 bridgehead atoms. The predicted molar refractivity (Wildman–Crippen MR) is 50.6 cm³/mol. The van der Waals surface area contributed by atoms with Crippen LogP contribution in [0.4, 0.5) is 5.69 Å². The second-order valence-electron chi connectivity index (χ2n) is 2.37. The summed E-state index contributed by atoms with van der Waals surface area (Å²) in [7, 11) is 0. The normalized spacial score (nSPS) is 21.9. The molecule has 0 radical (unpaired) electrons. The first kappa shape index (κ1) is 7.06. The Bertz CT molecular complexity index is 294. The number of anilines is 1. The third-order valence-corrected chi connectivity index (χ3v) is 2.78. The summed E-state index contributed by atoms with van der Waals surface area (Å²) in [6.45, 7) is 1.94. The highest BCUT2D eigenvalue weighted by atomic mass is 32.1. The molecule has 0 spiro atoms. The van der Waals surface area contributed by atoms with Crippen molar-refractivity contribution < 1.29 is 4.74 Å². The average molecular weight is 185 g/mol. The Balaban J connectivity index is 2.37. The number of nitrogens with one attached hydrogen (secondary N) is 1. The van der Waals surface area contributed by atoms with Gasteiger partial charge in [0.2, 0.25) is 0 Å². The smallest absolute Gasteiger partial charge is 0.198 e. The lowest BCUT2D eigenvalue weighted by atomic mass is 10.3. The van der Waals surface area contributed by atoms with E-state index in [4.69, 9.17) is 17.0 Å². The molecule has 1 aromatic rings. The molecule has 1 aliphatic heterocycles. The van der Waals surface area contributed by atoms with Gasteiger partial charge >= 0.3 is 0 Å². The van der Waals surface area contributed by atoms with E-state index in [0.717, 1.165) is 15.7 Å². The van der Waals surface area contributed by atoms with Crippen molar-refractivity contribution in [3.63, 3.8) is 0 Å². The Morgan fingerprint density at radius 3 is 3.36 bits per heavy atom. The Kier molecular flexibility index (Phi) is 1.58. The summed E-state index contributed by atoms with van der Waals surface area (Å²) < 4.78 is 5.50. The molecular formula is C7H7NOS2. The number of thiophene rings is 1. The fourth-order valence-corrected chi connectivity index (χ4v) is 1.86. The van der Waals surface area contributed by atoms with Crippen molar-refractivity contribution in [3.8, 4) is 5.06 Å². The minimum atomic E-state index is 0.0103. The molecule has 0 fully saturated rings. The standard InChI is InChI=1S/C7H7NOS2/c1-4-6(10)8-5-2-3-11-7(5)9-4/h2-4H,1H3,(H,8,10). The summed E-state index contributed by atoms with van der Waals surface area (Å²) in [5.74, 6) is 0. The molecule has 2 rings (SSSR count). The fourth-order valence-electron chi connectivity index (χ4n) is 0.928. The van der Waals surface area contributed by atoms with Crippen molar-refractivity contribution in [1.29, 1.82) is 0 Å². The van der Waals surface area contributed by atoms with Crippen molar-refractivity contribution >= 4 is 34.2 Å². The lowest BCUT2D eigenvalue weighted by molar-refractivity contribution is 0.294. The molecule has 4 heteroatoms. The van der Waals surface area contributed by atoms with Crippen LogP contribution in [0.5, 0.6) is 5.06 Å². The van der Waals surface area contributed by atoms with Gasteiger partial charge in [-0.2, -0.15) is 0 Å². The van der Waals surface area contributed by atoms with Crippen molar-refractivity contribution in [3.05, 3.63) is 11.4 Å². The van der Waals surface area contributed by atoms with E-state index >= 15 is 0 Å². The van der Waals surface area contributed by atoms with Crippen LogP contribution in [0.2, 0.25) is 0 Å². The van der Waals surface area contributed by atoms with E-state index in [9.17, 15) is 0 Å². The first-order valence-corrected chi connectivity index (χ1v) is 4.61. The average Bonchev–Trinajstić information content (AvgIpc) is 2.36. The molecule has 1 aromatic heterocycles. The van der Waals surface area contributed by atoms with Crippen LogP contribution >= 0.6 is 23.6 Å². The van der Waals surface area contributed by atoms with Gasteiger partial charge in [-0.15, -0.1) is 11.3 Å². The van der Waals surface area contributed by atoms with Gasteiger partial charge in [-0.25, -0.2) is 0 Å². The molecule has 1 unspecified atom stereocenters. The van der Waals surface area contributed by atoms with Crippen LogP contribution in [0.1, 0.15) is 6.92 Å². The first-order chi connectivity index (χ1) is 5.27. The molecule has 0 aromatic carbocycles. The lowest BCUT2D eigenvalue weighted by Crippen LogP contribution is -2.31. The van der Waals surface area contributed by atoms with Crippen LogP contribution in [0.15, 0.2) is 11.4 Å². The minimum absolute atomic E-state index is 0.0103. The SMILES string of the molecule is CC1Oc2sccc2NC1=S. The largest absolute Gasteiger partial charge is 0.472 e. The summed E-state index contributed by atoms with van der Waals surface area (Å²) in [5, 5.41) is 6.03. The molecule has 1 atom stereocenters. The maximum atomic E-state index is 5.50. The van der Waals surface area contributed by atoms with Crippen LogP contribution in [-0.4, -0.2) is 11.1 Å². The minimum Gasteiger partial charge on any atom is -0.472 e. The van der Waals surface area contributed by atoms with E-state index in [1.54, 1.807) is 11.3 Å². The second kappa shape index (κ2) is 2.46. The van der Waals surface area contributed by atoms with E-state index in [1.165, 1.54) is 0 Å². The van der Waals surface area contributed by atoms with Gasteiger partial charge in [0.1, 0.15) is 11.1 Å². The maximum Gasteiger partial charge on any atom is 0.198 e. The number of hydrogen-bond donors (Lipinski definition) is 1. The maximum absolute atomic E-state index is 5.50. The zero-order valence-electron chi connectivity index (χ0n) is 5.96.